The van der Waals surface area contributed by atoms with E-state index in [1.807, 2.05) is 0 Å². The van der Waals surface area contributed by atoms with E-state index in [1.165, 1.54) is 23.1 Å². The summed E-state index contributed by atoms with van der Waals surface area (Å²) in [5, 5.41) is 12.0. The molecule has 6 amide bonds. The number of piperidine rings is 1. The van der Waals surface area contributed by atoms with Crippen LogP contribution in [0.5, 0.6) is 0 Å². The number of hydrogen-bond acceptors (Lipinski definition) is 8. The van der Waals surface area contributed by atoms with E-state index in [1.54, 1.807) is 41.3 Å². The van der Waals surface area contributed by atoms with Crippen LogP contribution in [0.25, 0.3) is 0 Å². The number of benzene rings is 3. The Morgan fingerprint density at radius 1 is 0.879 bits per heavy atom. The Labute approximate surface area is 338 Å². The number of halogens is 4. The molecule has 2 atom stereocenters. The molecule has 4 N–H and O–H groups in total. The number of rotatable bonds is 14. The Bertz CT molecular complexity index is 2140. The van der Waals surface area contributed by atoms with Crippen molar-refractivity contribution < 1.29 is 37.1 Å². The van der Waals surface area contributed by atoms with Crippen LogP contribution in [-0.2, 0) is 9.59 Å². The summed E-state index contributed by atoms with van der Waals surface area (Å²) in [6, 6.07) is 12.3. The highest BCUT2D eigenvalue weighted by Gasteiger charge is 2.45. The molecule has 7 rings (SSSR count). The van der Waals surface area contributed by atoms with Gasteiger partial charge < -0.3 is 25.8 Å². The molecule has 0 spiro atoms. The van der Waals surface area contributed by atoms with E-state index in [9.17, 15) is 37.1 Å². The van der Waals surface area contributed by atoms with Gasteiger partial charge in [0.05, 0.1) is 40.8 Å². The zero-order valence-corrected chi connectivity index (χ0v) is 32.4. The molecule has 1 unspecified atom stereocenters. The Hall–Kier alpha value is -5.64. The van der Waals surface area contributed by atoms with Crippen LogP contribution < -0.4 is 26.2 Å². The summed E-state index contributed by atoms with van der Waals surface area (Å²) >= 11 is 6.34. The van der Waals surface area contributed by atoms with E-state index >= 15 is 0 Å². The predicted molar refractivity (Wildman–Crippen MR) is 214 cm³/mol. The molecule has 4 aliphatic heterocycles. The molecule has 3 aromatic carbocycles. The third kappa shape index (κ3) is 8.91. The first-order valence-corrected chi connectivity index (χ1v) is 20.0. The lowest BCUT2D eigenvalue weighted by Gasteiger charge is -2.27. The van der Waals surface area contributed by atoms with Gasteiger partial charge >= 0.3 is 6.03 Å². The van der Waals surface area contributed by atoms with Crippen LogP contribution in [-0.4, -0.2) is 96.5 Å². The zero-order valence-electron chi connectivity index (χ0n) is 31.7. The fraction of sp³-hybridized carbons (Fsp3) is 0.415. The average molecular weight is 821 g/mol. The number of carbonyl (C=O) groups excluding carboxylic acids is 5. The highest BCUT2D eigenvalue weighted by atomic mass is 35.5. The molecular formula is C41H44ClF3N8O5. The number of fused-ring (bicyclic) bond motifs is 3. The number of hydrogen-bond donors (Lipinski definition) is 4. The molecule has 306 valence electrons. The molecule has 3 aromatic rings. The molecule has 4 heterocycles. The Morgan fingerprint density at radius 2 is 1.64 bits per heavy atom. The predicted octanol–water partition coefficient (Wildman–Crippen LogP) is 6.69. The third-order valence-electron chi connectivity index (χ3n) is 10.8. The normalized spacial score (nSPS) is 19.5. The number of aliphatic imine (C=N–C) groups is 1. The molecule has 0 aromatic heterocycles. The number of nitrogens with one attached hydrogen (secondary N) is 4. The summed E-state index contributed by atoms with van der Waals surface area (Å²) in [6.45, 7) is 1.34. The van der Waals surface area contributed by atoms with Crippen molar-refractivity contribution in [3.8, 4) is 0 Å². The number of amidine groups is 1. The van der Waals surface area contributed by atoms with Crippen LogP contribution in [0.15, 0.2) is 59.6 Å². The van der Waals surface area contributed by atoms with Gasteiger partial charge in [0, 0.05) is 48.9 Å². The smallest absolute Gasteiger partial charge is 0.317 e. The lowest BCUT2D eigenvalue weighted by Crippen LogP contribution is -2.54. The monoisotopic (exact) mass is 820 g/mol. The van der Waals surface area contributed by atoms with Gasteiger partial charge in [0.15, 0.2) is 0 Å². The van der Waals surface area contributed by atoms with Crippen LogP contribution in [0.1, 0.15) is 84.1 Å². The number of nitrogens with zero attached hydrogens (tertiary/aromatic N) is 4. The number of likely N-dealkylation sites (tertiary alicyclic amines) is 1. The van der Waals surface area contributed by atoms with E-state index in [0.29, 0.717) is 71.8 Å². The molecule has 13 nitrogen and oxygen atoms in total. The number of amides is 6. The van der Waals surface area contributed by atoms with Crippen molar-refractivity contribution in [2.75, 3.05) is 48.3 Å². The Balaban J connectivity index is 0.830. The van der Waals surface area contributed by atoms with E-state index in [0.717, 1.165) is 43.4 Å². The highest BCUT2D eigenvalue weighted by Crippen LogP contribution is 2.40. The minimum absolute atomic E-state index is 0.0609. The lowest BCUT2D eigenvalue weighted by molar-refractivity contribution is -0.136. The lowest BCUT2D eigenvalue weighted by atomic mass is 10.0. The maximum atomic E-state index is 14.3. The van der Waals surface area contributed by atoms with Crippen LogP contribution >= 0.6 is 11.6 Å². The number of imide groups is 2. The van der Waals surface area contributed by atoms with Gasteiger partial charge in [-0.2, -0.15) is 0 Å². The standard InChI is InChI=1S/C41H44ClF3N8O5/c42-24-10-12-31-28(20-24)37(49-30-21-25(43)11-13-32(30)52(31)23-34(44)45)48-26-16-19-51(22-26)41(58)47-18-6-4-2-1-3-5-17-46-29-9-7-8-27-36(29)40(57)53(39(27)56)33-14-15-35(54)50-38(33)55/h7-13,20-21,26,33-34,46H,1-6,14-19,22-23H2,(H,47,58)(H,48,49)(H,50,54,55)/t26-,33?/m1/s1. The first kappa shape index (κ1) is 40.6. The van der Waals surface area contributed by atoms with Gasteiger partial charge in [-0.25, -0.2) is 18.0 Å². The molecule has 0 saturated carbocycles. The summed E-state index contributed by atoms with van der Waals surface area (Å²) < 4.78 is 41.8. The van der Waals surface area contributed by atoms with Gasteiger partial charge in [-0.3, -0.25) is 34.4 Å². The van der Waals surface area contributed by atoms with Gasteiger partial charge in [-0.05, 0) is 74.2 Å². The second-order valence-corrected chi connectivity index (χ2v) is 15.2. The second kappa shape index (κ2) is 17.9. The average Bonchev–Trinajstić information content (AvgIpc) is 3.73. The maximum absolute atomic E-state index is 14.3. The van der Waals surface area contributed by atoms with Crippen molar-refractivity contribution in [3.05, 3.63) is 82.1 Å². The Morgan fingerprint density at radius 3 is 2.41 bits per heavy atom. The first-order valence-electron chi connectivity index (χ1n) is 19.6. The van der Waals surface area contributed by atoms with Crippen LogP contribution in [0.4, 0.5) is 40.7 Å². The van der Waals surface area contributed by atoms with Gasteiger partial charge in [0.25, 0.3) is 18.2 Å². The van der Waals surface area contributed by atoms with Crippen LogP contribution in [0.2, 0.25) is 5.02 Å². The number of urea groups is 1. The topological polar surface area (TPSA) is 156 Å². The highest BCUT2D eigenvalue weighted by molar-refractivity contribution is 6.31. The van der Waals surface area contributed by atoms with E-state index in [-0.39, 0.29) is 36.0 Å². The van der Waals surface area contributed by atoms with Crippen molar-refractivity contribution in [2.24, 2.45) is 4.99 Å². The second-order valence-electron chi connectivity index (χ2n) is 14.8. The first-order chi connectivity index (χ1) is 28.0. The molecule has 0 aliphatic carbocycles. The minimum Gasteiger partial charge on any atom is -0.384 e. The molecule has 2 fully saturated rings. The zero-order chi connectivity index (χ0) is 40.9. The molecule has 0 radical (unpaired) electrons. The van der Waals surface area contributed by atoms with Crippen LogP contribution in [0, 0.1) is 5.82 Å². The molecule has 0 bridgehead atoms. The summed E-state index contributed by atoms with van der Waals surface area (Å²) in [6.07, 6.45) is 3.57. The van der Waals surface area contributed by atoms with Crippen molar-refractivity contribution in [2.45, 2.75) is 76.3 Å². The fourth-order valence-corrected chi connectivity index (χ4v) is 8.07. The van der Waals surface area contributed by atoms with Gasteiger partial charge in [-0.1, -0.05) is 43.4 Å². The molecule has 4 aliphatic rings. The van der Waals surface area contributed by atoms with Crippen molar-refractivity contribution in [3.63, 3.8) is 0 Å². The summed E-state index contributed by atoms with van der Waals surface area (Å²) in [5.74, 6) is -2.31. The van der Waals surface area contributed by atoms with Gasteiger partial charge in [0.2, 0.25) is 11.8 Å². The molecular weight excluding hydrogens is 777 g/mol. The number of unbranched alkanes of at least 4 members (excludes halogenated alkanes) is 5. The van der Waals surface area contributed by atoms with E-state index in [4.69, 9.17) is 16.6 Å². The minimum atomic E-state index is -2.66. The maximum Gasteiger partial charge on any atom is 0.317 e. The third-order valence-corrected chi connectivity index (χ3v) is 11.0. The molecule has 17 heteroatoms. The van der Waals surface area contributed by atoms with E-state index < -0.39 is 48.5 Å². The molecule has 2 saturated heterocycles. The van der Waals surface area contributed by atoms with Crippen molar-refractivity contribution >= 4 is 69.8 Å². The fourth-order valence-electron chi connectivity index (χ4n) is 7.90. The molecule has 58 heavy (non-hydrogen) atoms. The largest absolute Gasteiger partial charge is 0.384 e. The SMILES string of the molecule is O=C1CCC(N2C(=O)c3cccc(NCCCCCCCCNC(=O)N4CC[C@@H](N=C5Nc6cc(F)ccc6N(CC(F)F)c6ccc(Cl)cc65)C4)c3C2=O)C(=O)N1. The Kier molecular flexibility index (Phi) is 12.5. The van der Waals surface area contributed by atoms with Gasteiger partial charge in [0.1, 0.15) is 17.7 Å². The van der Waals surface area contributed by atoms with E-state index in [2.05, 4.69) is 21.3 Å². The van der Waals surface area contributed by atoms with Crippen LogP contribution in [0.3, 0.4) is 0 Å². The quantitative estimate of drug-likeness (QED) is 0.104. The van der Waals surface area contributed by atoms with Crippen molar-refractivity contribution in [1.29, 1.82) is 0 Å². The van der Waals surface area contributed by atoms with Crippen molar-refractivity contribution in [1.82, 2.24) is 20.4 Å². The number of alkyl halides is 2. The summed E-state index contributed by atoms with van der Waals surface area (Å²) in [4.78, 5) is 72.3. The number of carbonyl (C=O) groups is 5. The summed E-state index contributed by atoms with van der Waals surface area (Å²) in [7, 11) is 0. The number of anilines is 4. The summed E-state index contributed by atoms with van der Waals surface area (Å²) in [5.41, 5.74) is 2.65. The van der Waals surface area contributed by atoms with Gasteiger partial charge in [-0.15, -0.1) is 0 Å².